The standard InChI is InChI=1S/C9H16N6O2S/c1-5(2)3-11-8(17)12-6(16)4-18-9-13-7(10)14-15-9/h5H,3-4H2,1-2H3,(H3,10,13,14,15)(H2,11,12,16,17). The molecule has 3 amide bonds. The summed E-state index contributed by atoms with van der Waals surface area (Å²) in [4.78, 5) is 26.5. The Balaban J connectivity index is 2.23. The molecule has 0 aromatic carbocycles. The number of carbonyl (C=O) groups excluding carboxylic acids is 2. The van der Waals surface area contributed by atoms with Crippen LogP contribution < -0.4 is 16.4 Å². The minimum Gasteiger partial charge on any atom is -0.368 e. The van der Waals surface area contributed by atoms with Crippen molar-refractivity contribution in [3.05, 3.63) is 0 Å². The Morgan fingerprint density at radius 2 is 2.22 bits per heavy atom. The van der Waals surface area contributed by atoms with E-state index in [1.165, 1.54) is 0 Å². The second kappa shape index (κ2) is 6.84. The highest BCUT2D eigenvalue weighted by Crippen LogP contribution is 2.11. The van der Waals surface area contributed by atoms with Gasteiger partial charge in [-0.3, -0.25) is 10.1 Å². The Labute approximate surface area is 108 Å². The molecule has 0 atom stereocenters. The van der Waals surface area contributed by atoms with Crippen molar-refractivity contribution < 1.29 is 9.59 Å². The maximum absolute atomic E-state index is 11.4. The van der Waals surface area contributed by atoms with Gasteiger partial charge in [0, 0.05) is 6.54 Å². The fourth-order valence-electron chi connectivity index (χ4n) is 0.957. The Kier molecular flexibility index (Phi) is 5.43. The highest BCUT2D eigenvalue weighted by Gasteiger charge is 2.10. The first-order valence-corrected chi connectivity index (χ1v) is 6.34. The van der Waals surface area contributed by atoms with Crippen molar-refractivity contribution in [3.63, 3.8) is 0 Å². The monoisotopic (exact) mass is 272 g/mol. The molecule has 0 saturated heterocycles. The van der Waals surface area contributed by atoms with Crippen LogP contribution in [-0.2, 0) is 4.79 Å². The average Bonchev–Trinajstić information content (AvgIpc) is 2.70. The molecule has 0 aliphatic heterocycles. The number of nitrogen functional groups attached to an aromatic ring is 1. The zero-order valence-corrected chi connectivity index (χ0v) is 11.0. The van der Waals surface area contributed by atoms with E-state index in [1.807, 2.05) is 13.8 Å². The number of imide groups is 1. The number of hydrogen-bond acceptors (Lipinski definition) is 6. The van der Waals surface area contributed by atoms with Crippen molar-refractivity contribution >= 4 is 29.6 Å². The van der Waals surface area contributed by atoms with Gasteiger partial charge < -0.3 is 11.1 Å². The predicted octanol–water partition coefficient (Wildman–Crippen LogP) is -0.0392. The molecular formula is C9H16N6O2S. The lowest BCUT2D eigenvalue weighted by molar-refractivity contribution is -0.117. The van der Waals surface area contributed by atoms with Gasteiger partial charge in [-0.1, -0.05) is 25.6 Å². The number of hydrogen-bond donors (Lipinski definition) is 4. The van der Waals surface area contributed by atoms with Crippen LogP contribution >= 0.6 is 11.8 Å². The van der Waals surface area contributed by atoms with E-state index in [4.69, 9.17) is 5.73 Å². The normalized spacial score (nSPS) is 10.4. The second-order valence-corrected chi connectivity index (χ2v) is 4.89. The van der Waals surface area contributed by atoms with E-state index in [0.29, 0.717) is 17.6 Å². The van der Waals surface area contributed by atoms with Crippen molar-refractivity contribution in [2.45, 2.75) is 19.0 Å². The first-order chi connectivity index (χ1) is 8.47. The molecule has 9 heteroatoms. The van der Waals surface area contributed by atoms with Crippen LogP contribution in [0.3, 0.4) is 0 Å². The molecule has 0 fully saturated rings. The number of H-pyrrole nitrogens is 1. The van der Waals surface area contributed by atoms with E-state index in [-0.39, 0.29) is 11.7 Å². The maximum Gasteiger partial charge on any atom is 0.321 e. The van der Waals surface area contributed by atoms with Gasteiger partial charge in [0.1, 0.15) is 0 Å². The Bertz CT molecular complexity index is 419. The minimum absolute atomic E-state index is 0.0480. The SMILES string of the molecule is CC(C)CNC(=O)NC(=O)CSc1n[nH]c(N)n1. The van der Waals surface area contributed by atoms with Crippen LogP contribution in [0.1, 0.15) is 13.8 Å². The summed E-state index contributed by atoms with van der Waals surface area (Å²) in [5, 5.41) is 11.3. The van der Waals surface area contributed by atoms with Gasteiger partial charge in [-0.25, -0.2) is 9.89 Å². The summed E-state index contributed by atoms with van der Waals surface area (Å²) in [6.07, 6.45) is 0. The summed E-state index contributed by atoms with van der Waals surface area (Å²) in [5.41, 5.74) is 5.33. The lowest BCUT2D eigenvalue weighted by atomic mass is 10.2. The van der Waals surface area contributed by atoms with Crippen LogP contribution in [0.5, 0.6) is 0 Å². The molecule has 1 aromatic heterocycles. The predicted molar refractivity (Wildman–Crippen MR) is 67.9 cm³/mol. The highest BCUT2D eigenvalue weighted by molar-refractivity contribution is 7.99. The van der Waals surface area contributed by atoms with Gasteiger partial charge in [0.25, 0.3) is 0 Å². The molecule has 8 nitrogen and oxygen atoms in total. The first-order valence-electron chi connectivity index (χ1n) is 5.35. The van der Waals surface area contributed by atoms with Crippen molar-refractivity contribution in [1.29, 1.82) is 0 Å². The van der Waals surface area contributed by atoms with Crippen LogP contribution in [-0.4, -0.2) is 39.4 Å². The van der Waals surface area contributed by atoms with Gasteiger partial charge in [-0.15, -0.1) is 5.10 Å². The Morgan fingerprint density at radius 3 is 2.78 bits per heavy atom. The van der Waals surface area contributed by atoms with E-state index in [0.717, 1.165) is 11.8 Å². The number of nitrogens with two attached hydrogens (primary N) is 1. The molecule has 1 aromatic rings. The summed E-state index contributed by atoms with van der Waals surface area (Å²) in [5.74, 6) is 0.153. The van der Waals surface area contributed by atoms with Crippen molar-refractivity contribution in [1.82, 2.24) is 25.8 Å². The summed E-state index contributed by atoms with van der Waals surface area (Å²) < 4.78 is 0. The second-order valence-electron chi connectivity index (χ2n) is 3.94. The molecule has 0 bridgehead atoms. The third kappa shape index (κ3) is 5.53. The summed E-state index contributed by atoms with van der Waals surface area (Å²) in [6.45, 7) is 4.45. The fraction of sp³-hybridized carbons (Fsp3) is 0.556. The third-order valence-corrected chi connectivity index (χ3v) is 2.59. The number of anilines is 1. The largest absolute Gasteiger partial charge is 0.368 e. The number of rotatable bonds is 5. The smallest absolute Gasteiger partial charge is 0.321 e. The first kappa shape index (κ1) is 14.3. The molecule has 0 saturated carbocycles. The summed E-state index contributed by atoms with van der Waals surface area (Å²) in [7, 11) is 0. The number of aromatic nitrogens is 3. The van der Waals surface area contributed by atoms with Crippen LogP contribution in [0.4, 0.5) is 10.7 Å². The number of urea groups is 1. The molecule has 18 heavy (non-hydrogen) atoms. The number of aromatic amines is 1. The number of nitrogens with zero attached hydrogens (tertiary/aromatic N) is 2. The molecule has 5 N–H and O–H groups in total. The molecule has 0 aliphatic rings. The minimum atomic E-state index is -0.496. The molecule has 0 radical (unpaired) electrons. The maximum atomic E-state index is 11.4. The lowest BCUT2D eigenvalue weighted by Gasteiger charge is -2.07. The Morgan fingerprint density at radius 1 is 1.50 bits per heavy atom. The zero-order valence-electron chi connectivity index (χ0n) is 10.2. The van der Waals surface area contributed by atoms with Crippen molar-refractivity contribution in [2.24, 2.45) is 5.92 Å². The number of thioether (sulfide) groups is 1. The van der Waals surface area contributed by atoms with E-state index in [2.05, 4.69) is 25.8 Å². The average molecular weight is 272 g/mol. The van der Waals surface area contributed by atoms with Gasteiger partial charge in [-0.05, 0) is 5.92 Å². The van der Waals surface area contributed by atoms with E-state index in [9.17, 15) is 9.59 Å². The zero-order chi connectivity index (χ0) is 13.5. The quantitative estimate of drug-likeness (QED) is 0.557. The number of amides is 3. The van der Waals surface area contributed by atoms with Crippen LogP contribution in [0.15, 0.2) is 5.16 Å². The van der Waals surface area contributed by atoms with E-state index < -0.39 is 11.9 Å². The number of carbonyl (C=O) groups is 2. The fourth-order valence-corrected chi connectivity index (χ4v) is 1.56. The molecule has 1 rings (SSSR count). The molecule has 1 heterocycles. The molecule has 0 unspecified atom stereocenters. The van der Waals surface area contributed by atoms with Crippen LogP contribution in [0, 0.1) is 5.92 Å². The molecule has 0 aliphatic carbocycles. The van der Waals surface area contributed by atoms with Crippen LogP contribution in [0.25, 0.3) is 0 Å². The summed E-state index contributed by atoms with van der Waals surface area (Å²) >= 11 is 1.09. The highest BCUT2D eigenvalue weighted by atomic mass is 32.2. The van der Waals surface area contributed by atoms with Gasteiger partial charge in [0.05, 0.1) is 5.75 Å². The van der Waals surface area contributed by atoms with E-state index >= 15 is 0 Å². The van der Waals surface area contributed by atoms with Crippen molar-refractivity contribution in [2.75, 3.05) is 18.0 Å². The molecule has 100 valence electrons. The van der Waals surface area contributed by atoms with Gasteiger partial charge in [0.15, 0.2) is 0 Å². The van der Waals surface area contributed by atoms with Crippen molar-refractivity contribution in [3.8, 4) is 0 Å². The van der Waals surface area contributed by atoms with Gasteiger partial charge in [0.2, 0.25) is 17.0 Å². The third-order valence-electron chi connectivity index (χ3n) is 1.74. The number of nitrogens with one attached hydrogen (secondary N) is 3. The lowest BCUT2D eigenvalue weighted by Crippen LogP contribution is -2.41. The molecule has 0 spiro atoms. The summed E-state index contributed by atoms with van der Waals surface area (Å²) in [6, 6.07) is -0.496. The molecular weight excluding hydrogens is 256 g/mol. The van der Waals surface area contributed by atoms with E-state index in [1.54, 1.807) is 0 Å². The van der Waals surface area contributed by atoms with Gasteiger partial charge >= 0.3 is 6.03 Å². The Hall–Kier alpha value is -1.77. The van der Waals surface area contributed by atoms with Gasteiger partial charge in [-0.2, -0.15) is 4.98 Å². The van der Waals surface area contributed by atoms with Crippen LogP contribution in [0.2, 0.25) is 0 Å². The topological polar surface area (TPSA) is 126 Å².